The molecule has 0 saturated heterocycles. The molecule has 0 aliphatic heterocycles. The van der Waals surface area contributed by atoms with E-state index >= 15 is 0 Å². The molecule has 0 bridgehead atoms. The first-order chi connectivity index (χ1) is 9.62. The Labute approximate surface area is 119 Å². The number of ketones is 1. The summed E-state index contributed by atoms with van der Waals surface area (Å²) in [5.74, 6) is -0.0890. The van der Waals surface area contributed by atoms with Crippen LogP contribution >= 0.6 is 0 Å². The van der Waals surface area contributed by atoms with Crippen molar-refractivity contribution in [1.29, 1.82) is 0 Å². The molecular formula is C16H20O4. The van der Waals surface area contributed by atoms with Crippen molar-refractivity contribution in [3.63, 3.8) is 0 Å². The van der Waals surface area contributed by atoms with Crippen LogP contribution in [0.4, 0.5) is 4.79 Å². The molecule has 2 rings (SSSR count). The van der Waals surface area contributed by atoms with Crippen LogP contribution in [0.2, 0.25) is 0 Å². The predicted molar refractivity (Wildman–Crippen MR) is 74.2 cm³/mol. The standard InChI is InChI=1S/C16H20O4/c1-13(17)16(10-6-3-7-11-16)20-15(18)19-12-14-8-4-2-5-9-14/h2,4-5,8-9H,3,6-7,10-12H2,1H3. The van der Waals surface area contributed by atoms with E-state index in [2.05, 4.69) is 0 Å². The van der Waals surface area contributed by atoms with Gasteiger partial charge in [0, 0.05) is 0 Å². The predicted octanol–water partition coefficient (Wildman–Crippen LogP) is 3.63. The maximum atomic E-state index is 11.8. The van der Waals surface area contributed by atoms with Crippen LogP contribution in [-0.2, 0) is 20.9 Å². The zero-order valence-corrected chi connectivity index (χ0v) is 11.8. The van der Waals surface area contributed by atoms with E-state index < -0.39 is 11.8 Å². The molecule has 0 aromatic heterocycles. The molecule has 0 unspecified atom stereocenters. The van der Waals surface area contributed by atoms with Gasteiger partial charge >= 0.3 is 6.16 Å². The molecule has 1 aliphatic carbocycles. The molecule has 0 atom stereocenters. The number of hydrogen-bond donors (Lipinski definition) is 0. The number of Topliss-reactive ketones (excluding diaryl/α,β-unsaturated/α-hetero) is 1. The fourth-order valence-corrected chi connectivity index (χ4v) is 2.55. The second-order valence-electron chi connectivity index (χ2n) is 5.24. The molecule has 1 aromatic carbocycles. The number of benzene rings is 1. The summed E-state index contributed by atoms with van der Waals surface area (Å²) in [5.41, 5.74) is -0.0728. The van der Waals surface area contributed by atoms with Gasteiger partial charge in [0.1, 0.15) is 6.61 Å². The van der Waals surface area contributed by atoms with Gasteiger partial charge in [-0.15, -0.1) is 0 Å². The lowest BCUT2D eigenvalue weighted by Gasteiger charge is -2.33. The minimum Gasteiger partial charge on any atom is -0.429 e. The molecule has 1 aliphatic rings. The van der Waals surface area contributed by atoms with Crippen LogP contribution in [0.1, 0.15) is 44.6 Å². The SMILES string of the molecule is CC(=O)C1(OC(=O)OCc2ccccc2)CCCCC1. The van der Waals surface area contributed by atoms with Crippen LogP contribution in [0, 0.1) is 0 Å². The van der Waals surface area contributed by atoms with Gasteiger partial charge in [0.15, 0.2) is 11.4 Å². The van der Waals surface area contributed by atoms with E-state index in [0.717, 1.165) is 24.8 Å². The summed E-state index contributed by atoms with van der Waals surface area (Å²) >= 11 is 0. The molecule has 0 heterocycles. The Morgan fingerprint density at radius 1 is 1.10 bits per heavy atom. The molecule has 0 radical (unpaired) electrons. The summed E-state index contributed by atoms with van der Waals surface area (Å²) in [5, 5.41) is 0. The Bertz CT molecular complexity index is 461. The van der Waals surface area contributed by atoms with Crippen molar-refractivity contribution in [3.05, 3.63) is 35.9 Å². The number of ether oxygens (including phenoxy) is 2. The summed E-state index contributed by atoms with van der Waals surface area (Å²) in [7, 11) is 0. The lowest BCUT2D eigenvalue weighted by atomic mass is 9.82. The highest BCUT2D eigenvalue weighted by Crippen LogP contribution is 2.33. The Morgan fingerprint density at radius 2 is 1.75 bits per heavy atom. The zero-order chi connectivity index (χ0) is 14.4. The van der Waals surface area contributed by atoms with Crippen LogP contribution in [-0.4, -0.2) is 17.5 Å². The number of carbonyl (C=O) groups is 2. The van der Waals surface area contributed by atoms with Crippen molar-refractivity contribution in [2.24, 2.45) is 0 Å². The van der Waals surface area contributed by atoms with Gasteiger partial charge in [-0.1, -0.05) is 36.8 Å². The zero-order valence-electron chi connectivity index (χ0n) is 11.8. The van der Waals surface area contributed by atoms with E-state index in [9.17, 15) is 9.59 Å². The number of carbonyl (C=O) groups excluding carboxylic acids is 2. The van der Waals surface area contributed by atoms with Crippen molar-refractivity contribution in [3.8, 4) is 0 Å². The third-order valence-corrected chi connectivity index (χ3v) is 3.78. The second kappa shape index (κ2) is 6.55. The van der Waals surface area contributed by atoms with Crippen molar-refractivity contribution in [1.82, 2.24) is 0 Å². The molecule has 4 heteroatoms. The van der Waals surface area contributed by atoms with E-state index in [1.807, 2.05) is 30.3 Å². The third kappa shape index (κ3) is 3.59. The largest absolute Gasteiger partial charge is 0.509 e. The van der Waals surface area contributed by atoms with Gasteiger partial charge in [-0.2, -0.15) is 0 Å². The van der Waals surface area contributed by atoms with Crippen molar-refractivity contribution < 1.29 is 19.1 Å². The van der Waals surface area contributed by atoms with Gasteiger partial charge in [-0.25, -0.2) is 4.79 Å². The van der Waals surface area contributed by atoms with E-state index in [4.69, 9.17) is 9.47 Å². The molecule has 1 saturated carbocycles. The summed E-state index contributed by atoms with van der Waals surface area (Å²) in [4.78, 5) is 23.6. The minimum atomic E-state index is -0.966. The van der Waals surface area contributed by atoms with Gasteiger partial charge in [-0.05, 0) is 38.2 Å². The van der Waals surface area contributed by atoms with Crippen LogP contribution in [0.5, 0.6) is 0 Å². The average molecular weight is 276 g/mol. The normalized spacial score (nSPS) is 17.2. The number of rotatable bonds is 4. The first-order valence-electron chi connectivity index (χ1n) is 7.03. The second-order valence-corrected chi connectivity index (χ2v) is 5.24. The van der Waals surface area contributed by atoms with Crippen LogP contribution < -0.4 is 0 Å². The van der Waals surface area contributed by atoms with Crippen LogP contribution in [0.3, 0.4) is 0 Å². The number of hydrogen-bond acceptors (Lipinski definition) is 4. The summed E-state index contributed by atoms with van der Waals surface area (Å²) < 4.78 is 10.4. The van der Waals surface area contributed by atoms with Gasteiger partial charge in [-0.3, -0.25) is 4.79 Å². The molecule has 0 spiro atoms. The highest BCUT2D eigenvalue weighted by atomic mass is 16.7. The Kier molecular flexibility index (Phi) is 4.77. The lowest BCUT2D eigenvalue weighted by Crippen LogP contribution is -2.43. The van der Waals surface area contributed by atoms with Gasteiger partial charge in [0.25, 0.3) is 0 Å². The lowest BCUT2D eigenvalue weighted by molar-refractivity contribution is -0.142. The Balaban J connectivity index is 1.90. The molecule has 1 aromatic rings. The van der Waals surface area contributed by atoms with E-state index in [-0.39, 0.29) is 12.4 Å². The first-order valence-corrected chi connectivity index (χ1v) is 7.03. The minimum absolute atomic E-state index is 0.0890. The van der Waals surface area contributed by atoms with Crippen molar-refractivity contribution in [2.45, 2.75) is 51.2 Å². The molecule has 4 nitrogen and oxygen atoms in total. The summed E-state index contributed by atoms with van der Waals surface area (Å²) in [6.45, 7) is 1.64. The van der Waals surface area contributed by atoms with Crippen molar-refractivity contribution >= 4 is 11.9 Å². The Morgan fingerprint density at radius 3 is 2.35 bits per heavy atom. The molecular weight excluding hydrogens is 256 g/mol. The van der Waals surface area contributed by atoms with Gasteiger partial charge in [0.05, 0.1) is 0 Å². The molecule has 0 amide bonds. The smallest absolute Gasteiger partial charge is 0.429 e. The van der Waals surface area contributed by atoms with Gasteiger partial charge < -0.3 is 9.47 Å². The Hall–Kier alpha value is -1.84. The highest BCUT2D eigenvalue weighted by molar-refractivity contribution is 5.87. The highest BCUT2D eigenvalue weighted by Gasteiger charge is 2.41. The fourth-order valence-electron chi connectivity index (χ4n) is 2.55. The average Bonchev–Trinajstić information content (AvgIpc) is 2.47. The van der Waals surface area contributed by atoms with E-state index in [1.54, 1.807) is 0 Å². The molecule has 0 N–H and O–H groups in total. The van der Waals surface area contributed by atoms with E-state index in [0.29, 0.717) is 12.8 Å². The topological polar surface area (TPSA) is 52.6 Å². The summed E-state index contributed by atoms with van der Waals surface area (Å²) in [6.07, 6.45) is 3.34. The summed E-state index contributed by atoms with van der Waals surface area (Å²) in [6, 6.07) is 9.39. The molecule has 20 heavy (non-hydrogen) atoms. The van der Waals surface area contributed by atoms with Gasteiger partial charge in [0.2, 0.25) is 0 Å². The molecule has 108 valence electrons. The third-order valence-electron chi connectivity index (χ3n) is 3.78. The maximum Gasteiger partial charge on any atom is 0.509 e. The quantitative estimate of drug-likeness (QED) is 0.788. The fraction of sp³-hybridized carbons (Fsp3) is 0.500. The van der Waals surface area contributed by atoms with Crippen LogP contribution in [0.25, 0.3) is 0 Å². The monoisotopic (exact) mass is 276 g/mol. The van der Waals surface area contributed by atoms with Crippen molar-refractivity contribution in [2.75, 3.05) is 0 Å². The van der Waals surface area contributed by atoms with Crippen LogP contribution in [0.15, 0.2) is 30.3 Å². The maximum absolute atomic E-state index is 11.8. The van der Waals surface area contributed by atoms with E-state index in [1.165, 1.54) is 6.92 Å². The molecule has 1 fully saturated rings. The first kappa shape index (κ1) is 14.6.